The molecule has 0 spiro atoms. The van der Waals surface area contributed by atoms with Crippen molar-refractivity contribution in [3.8, 4) is 5.75 Å². The van der Waals surface area contributed by atoms with E-state index in [2.05, 4.69) is 28.2 Å². The second-order valence-electron chi connectivity index (χ2n) is 3.48. The number of benzene rings is 1. The Kier molecular flexibility index (Phi) is 6.42. The third-order valence-electron chi connectivity index (χ3n) is 2.15. The van der Waals surface area contributed by atoms with Crippen LogP contribution in [0.1, 0.15) is 19.8 Å². The van der Waals surface area contributed by atoms with E-state index in [1.165, 1.54) is 12.1 Å². The highest BCUT2D eigenvalue weighted by Crippen LogP contribution is 2.25. The van der Waals surface area contributed by atoms with Gasteiger partial charge in [-0.2, -0.15) is 0 Å². The molecule has 0 atom stereocenters. The largest absolute Gasteiger partial charge is 0.492 e. The van der Waals surface area contributed by atoms with E-state index in [-0.39, 0.29) is 5.82 Å². The van der Waals surface area contributed by atoms with Gasteiger partial charge in [0.15, 0.2) is 0 Å². The van der Waals surface area contributed by atoms with Crippen molar-refractivity contribution in [2.45, 2.75) is 19.8 Å². The molecule has 0 amide bonds. The molecule has 0 aromatic heterocycles. The average molecular weight is 290 g/mol. The average Bonchev–Trinajstić information content (AvgIpc) is 2.26. The molecule has 1 N–H and O–H groups in total. The SMILES string of the molecule is CCNCCCCOc1ccc(F)cc1Br. The van der Waals surface area contributed by atoms with Crippen molar-refractivity contribution in [3.05, 3.63) is 28.5 Å². The number of halogens is 2. The Morgan fingerprint density at radius 2 is 2.19 bits per heavy atom. The number of nitrogens with one attached hydrogen (secondary N) is 1. The van der Waals surface area contributed by atoms with Crippen LogP contribution in [0.5, 0.6) is 5.75 Å². The molecule has 0 saturated heterocycles. The van der Waals surface area contributed by atoms with Crippen LogP contribution in [0.2, 0.25) is 0 Å². The number of rotatable bonds is 7. The summed E-state index contributed by atoms with van der Waals surface area (Å²) in [7, 11) is 0. The van der Waals surface area contributed by atoms with E-state index in [9.17, 15) is 4.39 Å². The van der Waals surface area contributed by atoms with E-state index in [0.29, 0.717) is 16.8 Å². The molecule has 1 aromatic carbocycles. The zero-order valence-electron chi connectivity index (χ0n) is 9.43. The maximum absolute atomic E-state index is 12.8. The van der Waals surface area contributed by atoms with Crippen LogP contribution >= 0.6 is 15.9 Å². The highest BCUT2D eigenvalue weighted by molar-refractivity contribution is 9.10. The fourth-order valence-corrected chi connectivity index (χ4v) is 1.77. The minimum atomic E-state index is -0.258. The first-order valence-corrected chi connectivity index (χ1v) is 6.32. The molecule has 0 aliphatic carbocycles. The molecular formula is C12H17BrFNO. The Morgan fingerprint density at radius 1 is 1.38 bits per heavy atom. The lowest BCUT2D eigenvalue weighted by atomic mass is 10.3. The van der Waals surface area contributed by atoms with Crippen molar-refractivity contribution in [2.75, 3.05) is 19.7 Å². The lowest BCUT2D eigenvalue weighted by Crippen LogP contribution is -2.14. The van der Waals surface area contributed by atoms with E-state index in [1.807, 2.05) is 0 Å². The van der Waals surface area contributed by atoms with Crippen molar-refractivity contribution >= 4 is 15.9 Å². The van der Waals surface area contributed by atoms with E-state index < -0.39 is 0 Å². The molecule has 4 heteroatoms. The summed E-state index contributed by atoms with van der Waals surface area (Å²) in [5.41, 5.74) is 0. The van der Waals surface area contributed by atoms with E-state index in [1.54, 1.807) is 6.07 Å². The number of unbranched alkanes of at least 4 members (excludes halogenated alkanes) is 1. The van der Waals surface area contributed by atoms with Gasteiger partial charge in [-0.25, -0.2) is 4.39 Å². The third kappa shape index (κ3) is 4.94. The van der Waals surface area contributed by atoms with Gasteiger partial charge in [-0.1, -0.05) is 6.92 Å². The number of hydrogen-bond acceptors (Lipinski definition) is 2. The summed E-state index contributed by atoms with van der Waals surface area (Å²) < 4.78 is 19.0. The van der Waals surface area contributed by atoms with Crippen LogP contribution < -0.4 is 10.1 Å². The molecule has 0 radical (unpaired) electrons. The van der Waals surface area contributed by atoms with E-state index in [4.69, 9.17) is 4.74 Å². The Bertz CT molecular complexity index is 320. The first-order valence-electron chi connectivity index (χ1n) is 5.52. The van der Waals surface area contributed by atoms with Gasteiger partial charge in [0, 0.05) is 0 Å². The molecule has 0 aliphatic rings. The predicted molar refractivity (Wildman–Crippen MR) is 67.4 cm³/mol. The maximum Gasteiger partial charge on any atom is 0.133 e. The first kappa shape index (κ1) is 13.5. The van der Waals surface area contributed by atoms with E-state index in [0.717, 1.165) is 25.9 Å². The second kappa shape index (κ2) is 7.63. The van der Waals surface area contributed by atoms with Gasteiger partial charge < -0.3 is 10.1 Å². The van der Waals surface area contributed by atoms with Crippen molar-refractivity contribution in [1.29, 1.82) is 0 Å². The molecule has 2 nitrogen and oxygen atoms in total. The molecule has 0 unspecified atom stereocenters. The second-order valence-corrected chi connectivity index (χ2v) is 4.34. The van der Waals surface area contributed by atoms with Crippen molar-refractivity contribution in [3.63, 3.8) is 0 Å². The molecule has 1 rings (SSSR count). The smallest absolute Gasteiger partial charge is 0.133 e. The van der Waals surface area contributed by atoms with Gasteiger partial charge in [0.05, 0.1) is 11.1 Å². The van der Waals surface area contributed by atoms with Crippen LogP contribution in [-0.2, 0) is 0 Å². The van der Waals surface area contributed by atoms with Crippen LogP contribution in [0.25, 0.3) is 0 Å². The first-order chi connectivity index (χ1) is 7.74. The van der Waals surface area contributed by atoms with Crippen LogP contribution in [-0.4, -0.2) is 19.7 Å². The van der Waals surface area contributed by atoms with Crippen LogP contribution in [0.3, 0.4) is 0 Å². The number of hydrogen-bond donors (Lipinski definition) is 1. The summed E-state index contributed by atoms with van der Waals surface area (Å²) in [6.45, 7) is 4.77. The van der Waals surface area contributed by atoms with Crippen molar-refractivity contribution in [2.24, 2.45) is 0 Å². The fourth-order valence-electron chi connectivity index (χ4n) is 1.30. The molecule has 0 aliphatic heterocycles. The predicted octanol–water partition coefficient (Wildman–Crippen LogP) is 3.36. The maximum atomic E-state index is 12.8. The van der Waals surface area contributed by atoms with Gasteiger partial charge in [0.25, 0.3) is 0 Å². The standard InChI is InChI=1S/C12H17BrFNO/c1-2-15-7-3-4-8-16-12-6-5-10(14)9-11(12)13/h5-6,9,15H,2-4,7-8H2,1H3. The fraction of sp³-hybridized carbons (Fsp3) is 0.500. The highest BCUT2D eigenvalue weighted by atomic mass is 79.9. The molecule has 1 aromatic rings. The molecule has 0 bridgehead atoms. The molecule has 0 saturated carbocycles. The zero-order valence-corrected chi connectivity index (χ0v) is 11.0. The minimum Gasteiger partial charge on any atom is -0.492 e. The summed E-state index contributed by atoms with van der Waals surface area (Å²) in [6, 6.07) is 4.45. The van der Waals surface area contributed by atoms with Crippen molar-refractivity contribution in [1.82, 2.24) is 5.32 Å². The number of ether oxygens (including phenoxy) is 1. The Labute approximate surface area is 104 Å². The monoisotopic (exact) mass is 289 g/mol. The lowest BCUT2D eigenvalue weighted by Gasteiger charge is -2.08. The van der Waals surface area contributed by atoms with Gasteiger partial charge in [-0.3, -0.25) is 0 Å². The summed E-state index contributed by atoms with van der Waals surface area (Å²) in [5, 5.41) is 3.25. The van der Waals surface area contributed by atoms with E-state index >= 15 is 0 Å². The molecule has 16 heavy (non-hydrogen) atoms. The lowest BCUT2D eigenvalue weighted by molar-refractivity contribution is 0.303. The Morgan fingerprint density at radius 3 is 2.88 bits per heavy atom. The van der Waals surface area contributed by atoms with Crippen LogP contribution in [0, 0.1) is 5.82 Å². The normalized spacial score (nSPS) is 10.4. The minimum absolute atomic E-state index is 0.258. The molecule has 0 fully saturated rings. The topological polar surface area (TPSA) is 21.3 Å². The van der Waals surface area contributed by atoms with Gasteiger partial charge in [0.2, 0.25) is 0 Å². The van der Waals surface area contributed by atoms with Gasteiger partial charge >= 0.3 is 0 Å². The molecule has 0 heterocycles. The summed E-state index contributed by atoms with van der Waals surface area (Å²) in [6.07, 6.45) is 2.09. The van der Waals surface area contributed by atoms with Gasteiger partial charge in [-0.05, 0) is 60.1 Å². The van der Waals surface area contributed by atoms with Crippen LogP contribution in [0.4, 0.5) is 4.39 Å². The molecule has 90 valence electrons. The Balaban J connectivity index is 2.21. The van der Waals surface area contributed by atoms with Gasteiger partial charge in [0.1, 0.15) is 11.6 Å². The quantitative estimate of drug-likeness (QED) is 0.777. The molecular weight excluding hydrogens is 273 g/mol. The third-order valence-corrected chi connectivity index (χ3v) is 2.77. The van der Waals surface area contributed by atoms with Crippen molar-refractivity contribution < 1.29 is 9.13 Å². The van der Waals surface area contributed by atoms with Gasteiger partial charge in [-0.15, -0.1) is 0 Å². The Hall–Kier alpha value is -0.610. The summed E-state index contributed by atoms with van der Waals surface area (Å²) in [5.74, 6) is 0.441. The zero-order chi connectivity index (χ0) is 11.8. The summed E-state index contributed by atoms with van der Waals surface area (Å²) in [4.78, 5) is 0. The highest BCUT2D eigenvalue weighted by Gasteiger charge is 2.01. The summed E-state index contributed by atoms with van der Waals surface area (Å²) >= 11 is 3.26. The van der Waals surface area contributed by atoms with Crippen LogP contribution in [0.15, 0.2) is 22.7 Å².